The maximum atomic E-state index is 12.6. The number of benzene rings is 3. The van der Waals surface area contributed by atoms with Crippen LogP contribution in [-0.2, 0) is 0 Å². The Morgan fingerprint density at radius 2 is 1.74 bits per heavy atom. The van der Waals surface area contributed by atoms with Crippen LogP contribution in [0.25, 0.3) is 6.08 Å². The molecule has 4 rings (SSSR count). The summed E-state index contributed by atoms with van der Waals surface area (Å²) in [6, 6.07) is 22.0. The van der Waals surface area contributed by atoms with Crippen molar-refractivity contribution in [1.82, 2.24) is 0 Å². The maximum absolute atomic E-state index is 12.6. The van der Waals surface area contributed by atoms with Gasteiger partial charge in [0.05, 0.1) is 10.5 Å². The van der Waals surface area contributed by atoms with Gasteiger partial charge in [-0.15, -0.1) is 0 Å². The quantitative estimate of drug-likeness (QED) is 0.344. The van der Waals surface area contributed by atoms with E-state index in [1.54, 1.807) is 30.3 Å². The van der Waals surface area contributed by atoms with E-state index in [2.05, 4.69) is 0 Å². The van der Waals surface area contributed by atoms with Crippen LogP contribution in [-0.4, -0.2) is 11.8 Å². The maximum Gasteiger partial charge on any atom is 0.343 e. The number of allylic oxidation sites excluding steroid dienone is 1. The zero-order valence-corrected chi connectivity index (χ0v) is 15.5. The highest BCUT2D eigenvalue weighted by molar-refractivity contribution is 8.04. The second-order valence-corrected chi connectivity index (χ2v) is 7.32. The molecular weight excluding hydrogens is 356 g/mol. The number of thioether (sulfide) groups is 1. The monoisotopic (exact) mass is 372 g/mol. The number of carbonyl (C=O) groups is 2. The van der Waals surface area contributed by atoms with Gasteiger partial charge in [0.1, 0.15) is 5.75 Å². The first-order valence-corrected chi connectivity index (χ1v) is 9.34. The van der Waals surface area contributed by atoms with Crippen LogP contribution in [0.15, 0.2) is 82.6 Å². The predicted molar refractivity (Wildman–Crippen MR) is 107 cm³/mol. The molecule has 0 aliphatic carbocycles. The number of para-hydroxylation sites is 1. The molecule has 0 fully saturated rings. The van der Waals surface area contributed by atoms with Crippen LogP contribution < -0.4 is 4.74 Å². The average Bonchev–Trinajstić information content (AvgIpc) is 2.99. The van der Waals surface area contributed by atoms with Crippen molar-refractivity contribution in [2.24, 2.45) is 0 Å². The van der Waals surface area contributed by atoms with E-state index in [0.717, 1.165) is 10.5 Å². The molecule has 0 amide bonds. The molecule has 132 valence electrons. The topological polar surface area (TPSA) is 43.4 Å². The lowest BCUT2D eigenvalue weighted by Gasteiger charge is -2.08. The van der Waals surface area contributed by atoms with Crippen molar-refractivity contribution in [2.45, 2.75) is 11.8 Å². The number of Topliss-reactive ketones (excluding diaryl/α,β-unsaturated/α-hetero) is 1. The Bertz CT molecular complexity index is 1080. The van der Waals surface area contributed by atoms with Gasteiger partial charge in [-0.2, -0.15) is 0 Å². The second-order valence-electron chi connectivity index (χ2n) is 6.23. The van der Waals surface area contributed by atoms with Crippen LogP contribution in [0, 0.1) is 6.92 Å². The van der Waals surface area contributed by atoms with E-state index >= 15 is 0 Å². The van der Waals surface area contributed by atoms with Gasteiger partial charge in [-0.05, 0) is 43.3 Å². The van der Waals surface area contributed by atoms with Crippen LogP contribution in [0.2, 0.25) is 0 Å². The molecular formula is C23H16O3S. The summed E-state index contributed by atoms with van der Waals surface area (Å²) in [5.74, 6) is 0.00881. The number of fused-ring (bicyclic) bond motifs is 1. The van der Waals surface area contributed by atoms with Crippen LogP contribution in [0.5, 0.6) is 5.75 Å². The zero-order chi connectivity index (χ0) is 18.8. The van der Waals surface area contributed by atoms with E-state index in [-0.39, 0.29) is 5.78 Å². The molecule has 3 nitrogen and oxygen atoms in total. The number of aryl methyl sites for hydroxylation is 1. The van der Waals surface area contributed by atoms with Crippen molar-refractivity contribution in [3.8, 4) is 5.75 Å². The van der Waals surface area contributed by atoms with E-state index in [4.69, 9.17) is 4.74 Å². The third kappa shape index (κ3) is 3.57. The van der Waals surface area contributed by atoms with Gasteiger partial charge in [-0.3, -0.25) is 4.79 Å². The van der Waals surface area contributed by atoms with Gasteiger partial charge in [-0.1, -0.05) is 59.8 Å². The third-order valence-electron chi connectivity index (χ3n) is 4.24. The van der Waals surface area contributed by atoms with Gasteiger partial charge in [0, 0.05) is 16.0 Å². The Labute approximate surface area is 161 Å². The minimum Gasteiger partial charge on any atom is -0.422 e. The molecule has 0 atom stereocenters. The van der Waals surface area contributed by atoms with Gasteiger partial charge in [0.15, 0.2) is 0 Å². The SMILES string of the molecule is Cc1cccc(C(=O)Oc2ccccc2/C=C2/Sc3ccccc3C2=O)c1. The fourth-order valence-corrected chi connectivity index (χ4v) is 3.94. The summed E-state index contributed by atoms with van der Waals surface area (Å²) in [7, 11) is 0. The number of rotatable bonds is 3. The molecule has 27 heavy (non-hydrogen) atoms. The first-order valence-electron chi connectivity index (χ1n) is 8.53. The largest absolute Gasteiger partial charge is 0.422 e. The van der Waals surface area contributed by atoms with Gasteiger partial charge < -0.3 is 4.74 Å². The summed E-state index contributed by atoms with van der Waals surface area (Å²) in [6.45, 7) is 1.93. The highest BCUT2D eigenvalue weighted by Crippen LogP contribution is 2.41. The lowest BCUT2D eigenvalue weighted by atomic mass is 10.1. The molecule has 1 heterocycles. The molecule has 0 bridgehead atoms. The molecule has 1 aliphatic rings. The van der Waals surface area contributed by atoms with E-state index in [1.807, 2.05) is 55.5 Å². The zero-order valence-electron chi connectivity index (χ0n) is 14.6. The molecule has 3 aromatic rings. The number of hydrogen-bond acceptors (Lipinski definition) is 4. The first kappa shape index (κ1) is 17.3. The molecule has 0 spiro atoms. The Morgan fingerprint density at radius 1 is 0.963 bits per heavy atom. The van der Waals surface area contributed by atoms with Crippen molar-refractivity contribution in [3.63, 3.8) is 0 Å². The number of hydrogen-bond donors (Lipinski definition) is 0. The summed E-state index contributed by atoms with van der Waals surface area (Å²) in [4.78, 5) is 26.6. The average molecular weight is 372 g/mol. The fourth-order valence-electron chi connectivity index (χ4n) is 2.90. The molecule has 0 saturated heterocycles. The van der Waals surface area contributed by atoms with Crippen LogP contribution in [0.4, 0.5) is 0 Å². The van der Waals surface area contributed by atoms with Crippen molar-refractivity contribution < 1.29 is 14.3 Å². The molecule has 0 saturated carbocycles. The number of ketones is 1. The Hall–Kier alpha value is -3.11. The van der Waals surface area contributed by atoms with Crippen LogP contribution >= 0.6 is 11.8 Å². The molecule has 0 N–H and O–H groups in total. The summed E-state index contributed by atoms with van der Waals surface area (Å²) in [6.07, 6.45) is 1.78. The van der Waals surface area contributed by atoms with E-state index in [0.29, 0.717) is 27.3 Å². The van der Waals surface area contributed by atoms with Crippen LogP contribution in [0.3, 0.4) is 0 Å². The lowest BCUT2D eigenvalue weighted by Crippen LogP contribution is -2.09. The minimum atomic E-state index is -0.418. The first-order chi connectivity index (χ1) is 13.1. The summed E-state index contributed by atoms with van der Waals surface area (Å²) in [5, 5.41) is 0. The third-order valence-corrected chi connectivity index (χ3v) is 5.34. The molecule has 3 aromatic carbocycles. The van der Waals surface area contributed by atoms with Crippen molar-refractivity contribution in [3.05, 3.63) is 100.0 Å². The highest BCUT2D eigenvalue weighted by atomic mass is 32.2. The normalized spacial score (nSPS) is 14.3. The van der Waals surface area contributed by atoms with E-state index < -0.39 is 5.97 Å². The van der Waals surface area contributed by atoms with Crippen molar-refractivity contribution in [2.75, 3.05) is 0 Å². The molecule has 1 aliphatic heterocycles. The molecule has 0 unspecified atom stereocenters. The number of esters is 1. The van der Waals surface area contributed by atoms with Gasteiger partial charge in [0.2, 0.25) is 5.78 Å². The highest BCUT2D eigenvalue weighted by Gasteiger charge is 2.25. The number of ether oxygens (including phenoxy) is 1. The fraction of sp³-hybridized carbons (Fsp3) is 0.0435. The van der Waals surface area contributed by atoms with Gasteiger partial charge in [-0.25, -0.2) is 4.79 Å². The van der Waals surface area contributed by atoms with Gasteiger partial charge in [0.25, 0.3) is 0 Å². The Morgan fingerprint density at radius 3 is 2.56 bits per heavy atom. The van der Waals surface area contributed by atoms with Gasteiger partial charge >= 0.3 is 5.97 Å². The van der Waals surface area contributed by atoms with E-state index in [1.165, 1.54) is 11.8 Å². The summed E-state index contributed by atoms with van der Waals surface area (Å²) < 4.78 is 5.61. The Kier molecular flexibility index (Phi) is 4.65. The summed E-state index contributed by atoms with van der Waals surface area (Å²) in [5.41, 5.74) is 2.90. The molecule has 4 heteroatoms. The molecule has 0 aromatic heterocycles. The van der Waals surface area contributed by atoms with Crippen molar-refractivity contribution >= 4 is 29.6 Å². The standard InChI is InChI=1S/C23H16O3S/c1-15-7-6-9-17(13-15)23(25)26-19-11-4-2-8-16(19)14-21-22(24)18-10-3-5-12-20(18)27-21/h2-14H,1H3/b21-14+. The second kappa shape index (κ2) is 7.25. The Balaban J connectivity index is 1.63. The molecule has 0 radical (unpaired) electrons. The van der Waals surface area contributed by atoms with Crippen LogP contribution in [0.1, 0.15) is 31.8 Å². The minimum absolute atomic E-state index is 0.00425. The lowest BCUT2D eigenvalue weighted by molar-refractivity contribution is 0.0734. The number of carbonyl (C=O) groups excluding carboxylic acids is 2. The summed E-state index contributed by atoms with van der Waals surface area (Å²) >= 11 is 1.44. The van der Waals surface area contributed by atoms with Crippen molar-refractivity contribution in [1.29, 1.82) is 0 Å². The predicted octanol–water partition coefficient (Wildman–Crippen LogP) is 5.54. The smallest absolute Gasteiger partial charge is 0.343 e. The van der Waals surface area contributed by atoms with E-state index in [9.17, 15) is 9.59 Å².